The summed E-state index contributed by atoms with van der Waals surface area (Å²) in [5.41, 5.74) is 5.47. The van der Waals surface area contributed by atoms with E-state index in [1.165, 1.54) is 6.07 Å². The van der Waals surface area contributed by atoms with Crippen LogP contribution in [0.2, 0.25) is 0 Å². The number of nitrogen functional groups attached to an aromatic ring is 1. The number of nitrogens with two attached hydrogens (primary N) is 1. The fraction of sp³-hybridized carbons (Fsp3) is 0.462. The van der Waals surface area contributed by atoms with E-state index >= 15 is 0 Å². The van der Waals surface area contributed by atoms with Crippen molar-refractivity contribution in [2.24, 2.45) is 0 Å². The summed E-state index contributed by atoms with van der Waals surface area (Å²) in [6.07, 6.45) is 0.0965. The smallest absolute Gasteiger partial charge is 0.337 e. The number of hydrogen-bond acceptors (Lipinski definition) is 4. The van der Waals surface area contributed by atoms with Gasteiger partial charge in [-0.25, -0.2) is 9.18 Å². The number of hydrogen-bond donors (Lipinski definition) is 2. The molecule has 0 aliphatic carbocycles. The number of halogens is 1. The van der Waals surface area contributed by atoms with Crippen LogP contribution in [0.4, 0.5) is 15.8 Å². The van der Waals surface area contributed by atoms with Crippen LogP contribution >= 0.6 is 0 Å². The van der Waals surface area contributed by atoms with Crippen LogP contribution in [-0.4, -0.2) is 37.4 Å². The van der Waals surface area contributed by atoms with E-state index < -0.39 is 11.8 Å². The summed E-state index contributed by atoms with van der Waals surface area (Å²) in [7, 11) is 1.67. The van der Waals surface area contributed by atoms with E-state index in [1.807, 2.05) is 13.8 Å². The molecule has 0 spiro atoms. The van der Waals surface area contributed by atoms with Crippen LogP contribution in [-0.2, 0) is 4.74 Å². The van der Waals surface area contributed by atoms with E-state index in [0.29, 0.717) is 13.2 Å². The molecule has 0 unspecified atom stereocenters. The number of carboxylic acids is 1. The lowest BCUT2D eigenvalue weighted by atomic mass is 10.1. The van der Waals surface area contributed by atoms with E-state index in [4.69, 9.17) is 15.6 Å². The number of ether oxygens (including phenoxy) is 1. The van der Waals surface area contributed by atoms with Crippen LogP contribution in [0.15, 0.2) is 12.1 Å². The minimum absolute atomic E-state index is 0.0828. The number of nitrogens with zero attached hydrogens (tertiary/aromatic N) is 1. The van der Waals surface area contributed by atoms with Gasteiger partial charge in [-0.2, -0.15) is 0 Å². The Morgan fingerprint density at radius 3 is 2.68 bits per heavy atom. The van der Waals surface area contributed by atoms with E-state index in [0.717, 1.165) is 6.07 Å². The zero-order valence-corrected chi connectivity index (χ0v) is 11.3. The molecule has 1 rings (SSSR count). The highest BCUT2D eigenvalue weighted by molar-refractivity contribution is 5.95. The fourth-order valence-electron chi connectivity index (χ4n) is 1.60. The molecule has 0 saturated carbocycles. The highest BCUT2D eigenvalue weighted by atomic mass is 19.1. The van der Waals surface area contributed by atoms with Gasteiger partial charge >= 0.3 is 5.97 Å². The predicted molar refractivity (Wildman–Crippen MR) is 72.1 cm³/mol. The quantitative estimate of drug-likeness (QED) is 0.773. The van der Waals surface area contributed by atoms with Crippen LogP contribution in [0.1, 0.15) is 24.2 Å². The Bertz CT molecular complexity index is 463. The Morgan fingerprint density at radius 2 is 2.16 bits per heavy atom. The highest BCUT2D eigenvalue weighted by Gasteiger charge is 2.15. The maximum Gasteiger partial charge on any atom is 0.337 e. The van der Waals surface area contributed by atoms with Gasteiger partial charge in [0.05, 0.1) is 24.0 Å². The summed E-state index contributed by atoms with van der Waals surface area (Å²) in [6, 6.07) is 2.26. The molecule has 0 aliphatic rings. The van der Waals surface area contributed by atoms with Gasteiger partial charge in [0.1, 0.15) is 5.82 Å². The number of anilines is 2. The molecular formula is C13H19FN2O3. The molecule has 1 aromatic carbocycles. The van der Waals surface area contributed by atoms with Crippen LogP contribution in [0, 0.1) is 5.82 Å². The minimum Gasteiger partial charge on any atom is -0.478 e. The van der Waals surface area contributed by atoms with E-state index in [9.17, 15) is 9.18 Å². The standard InChI is InChI=1S/C13H19FN2O3/c1-8(2)19-5-4-16(3)12-6-9(13(17)18)11(15)7-10(12)14/h6-8H,4-5,15H2,1-3H3,(H,17,18). The third kappa shape index (κ3) is 4.10. The van der Waals surface area contributed by atoms with Crippen molar-refractivity contribution in [2.75, 3.05) is 30.8 Å². The van der Waals surface area contributed by atoms with Crippen molar-refractivity contribution in [1.29, 1.82) is 0 Å². The molecule has 0 atom stereocenters. The van der Waals surface area contributed by atoms with Crippen molar-refractivity contribution in [2.45, 2.75) is 20.0 Å². The number of carboxylic acid groups (broad SMARTS) is 1. The second kappa shape index (κ2) is 6.38. The summed E-state index contributed by atoms with van der Waals surface area (Å²) in [6.45, 7) is 4.71. The molecule has 3 N–H and O–H groups in total. The zero-order valence-electron chi connectivity index (χ0n) is 11.3. The van der Waals surface area contributed by atoms with Crippen molar-refractivity contribution in [3.05, 3.63) is 23.5 Å². The molecule has 1 aromatic rings. The van der Waals surface area contributed by atoms with E-state index in [1.54, 1.807) is 11.9 Å². The predicted octanol–water partition coefficient (Wildman–Crippen LogP) is 1.97. The van der Waals surface area contributed by atoms with Gasteiger partial charge in [0.2, 0.25) is 0 Å². The summed E-state index contributed by atoms with van der Waals surface area (Å²) >= 11 is 0. The van der Waals surface area contributed by atoms with Gasteiger partial charge < -0.3 is 20.5 Å². The number of benzene rings is 1. The summed E-state index contributed by atoms with van der Waals surface area (Å²) < 4.78 is 19.1. The third-order valence-electron chi connectivity index (χ3n) is 2.64. The van der Waals surface area contributed by atoms with Crippen LogP contribution in [0.25, 0.3) is 0 Å². The van der Waals surface area contributed by atoms with Crippen molar-refractivity contribution in [1.82, 2.24) is 0 Å². The van der Waals surface area contributed by atoms with Crippen LogP contribution < -0.4 is 10.6 Å². The molecular weight excluding hydrogens is 251 g/mol. The highest BCUT2D eigenvalue weighted by Crippen LogP contribution is 2.24. The molecule has 0 bridgehead atoms. The molecule has 6 heteroatoms. The molecule has 0 fully saturated rings. The van der Waals surface area contributed by atoms with Gasteiger partial charge in [0.25, 0.3) is 0 Å². The first-order valence-corrected chi connectivity index (χ1v) is 5.98. The maximum absolute atomic E-state index is 13.8. The minimum atomic E-state index is -1.18. The second-order valence-electron chi connectivity index (χ2n) is 4.54. The molecule has 0 aromatic heterocycles. The Balaban J connectivity index is 2.87. The largest absolute Gasteiger partial charge is 0.478 e. The van der Waals surface area contributed by atoms with E-state index in [-0.39, 0.29) is 23.0 Å². The van der Waals surface area contributed by atoms with Crippen molar-refractivity contribution in [3.63, 3.8) is 0 Å². The number of carbonyl (C=O) groups is 1. The van der Waals surface area contributed by atoms with Crippen LogP contribution in [0.3, 0.4) is 0 Å². The molecule has 5 nitrogen and oxygen atoms in total. The van der Waals surface area contributed by atoms with Gasteiger partial charge in [-0.15, -0.1) is 0 Å². The molecule has 0 amide bonds. The van der Waals surface area contributed by atoms with Gasteiger partial charge in [-0.3, -0.25) is 0 Å². The number of aromatic carboxylic acids is 1. The summed E-state index contributed by atoms with van der Waals surface area (Å²) in [4.78, 5) is 12.6. The third-order valence-corrected chi connectivity index (χ3v) is 2.64. The molecule has 0 aliphatic heterocycles. The second-order valence-corrected chi connectivity index (χ2v) is 4.54. The summed E-state index contributed by atoms with van der Waals surface area (Å²) in [5, 5.41) is 8.97. The average Bonchev–Trinajstić information content (AvgIpc) is 2.27. The Labute approximate surface area is 111 Å². The molecule has 0 saturated heterocycles. The van der Waals surface area contributed by atoms with Crippen molar-refractivity contribution < 1.29 is 19.0 Å². The lowest BCUT2D eigenvalue weighted by molar-refractivity contribution is 0.0698. The average molecular weight is 270 g/mol. The van der Waals surface area contributed by atoms with Gasteiger partial charge in [-0.05, 0) is 26.0 Å². The lowest BCUT2D eigenvalue weighted by Gasteiger charge is -2.21. The first-order chi connectivity index (χ1) is 8.82. The van der Waals surface area contributed by atoms with Crippen molar-refractivity contribution >= 4 is 17.3 Å². The Hall–Kier alpha value is -1.82. The van der Waals surface area contributed by atoms with Gasteiger partial charge in [-0.1, -0.05) is 0 Å². The topological polar surface area (TPSA) is 75.8 Å². The monoisotopic (exact) mass is 270 g/mol. The first kappa shape index (κ1) is 15.2. The fourth-order valence-corrected chi connectivity index (χ4v) is 1.60. The lowest BCUT2D eigenvalue weighted by Crippen LogP contribution is -2.25. The molecule has 106 valence electrons. The molecule has 19 heavy (non-hydrogen) atoms. The summed E-state index contributed by atoms with van der Waals surface area (Å²) in [5.74, 6) is -1.72. The van der Waals surface area contributed by atoms with E-state index in [2.05, 4.69) is 0 Å². The number of rotatable bonds is 6. The molecule has 0 radical (unpaired) electrons. The van der Waals surface area contributed by atoms with Crippen molar-refractivity contribution in [3.8, 4) is 0 Å². The first-order valence-electron chi connectivity index (χ1n) is 5.98. The zero-order chi connectivity index (χ0) is 14.6. The SMILES string of the molecule is CC(C)OCCN(C)c1cc(C(=O)O)c(N)cc1F. The van der Waals surface area contributed by atoms with Crippen LogP contribution in [0.5, 0.6) is 0 Å². The van der Waals surface area contributed by atoms with Gasteiger partial charge in [0.15, 0.2) is 0 Å². The Morgan fingerprint density at radius 1 is 1.53 bits per heavy atom. The number of likely N-dealkylation sites (N-methyl/N-ethyl adjacent to an activating group) is 1. The molecule has 0 heterocycles. The maximum atomic E-state index is 13.8. The van der Waals surface area contributed by atoms with Gasteiger partial charge in [0, 0.05) is 19.3 Å². The Kier molecular flexibility index (Phi) is 5.11. The normalized spacial score (nSPS) is 10.8.